The third-order valence-electron chi connectivity index (χ3n) is 16.3. The number of hydrogen-bond donors (Lipinski definition) is 0. The molecular formula is C65H54. The SMILES string of the molecule is CC1(C)C2=C(CCC(C3=c4ccccc4=C(c4ccc(C5=c6ccccc6=C(c6ccccc6C6=CCC7CCC=CC7=C6)C6C=CC=CC56)cc4)C4C=CC=CC34)=C2)c2ccccc21. The van der Waals surface area contributed by atoms with E-state index in [0.717, 1.165) is 19.3 Å². The minimum absolute atomic E-state index is 0.000696. The van der Waals surface area contributed by atoms with Gasteiger partial charge >= 0.3 is 0 Å². The number of hydrogen-bond acceptors (Lipinski definition) is 0. The molecule has 0 nitrogen and oxygen atoms in total. The van der Waals surface area contributed by atoms with E-state index < -0.39 is 0 Å². The molecule has 314 valence electrons. The minimum Gasteiger partial charge on any atom is -0.0842 e. The molecule has 65 heavy (non-hydrogen) atoms. The largest absolute Gasteiger partial charge is 0.0842 e. The fraction of sp³-hybridized carbons (Fsp3) is 0.200. The second-order valence-corrected chi connectivity index (χ2v) is 20.0. The second kappa shape index (κ2) is 15.2. The van der Waals surface area contributed by atoms with Gasteiger partial charge in [-0.3, -0.25) is 0 Å². The maximum atomic E-state index is 2.60. The van der Waals surface area contributed by atoms with E-state index in [1.807, 2.05) is 0 Å². The lowest BCUT2D eigenvalue weighted by Gasteiger charge is -2.36. The normalized spacial score (nSPS) is 25.1. The van der Waals surface area contributed by atoms with Crippen LogP contribution in [0.3, 0.4) is 0 Å². The zero-order chi connectivity index (χ0) is 43.2. The third-order valence-corrected chi connectivity index (χ3v) is 16.3. The summed E-state index contributed by atoms with van der Waals surface area (Å²) in [6.45, 7) is 4.85. The first kappa shape index (κ1) is 38.7. The van der Waals surface area contributed by atoms with Crippen molar-refractivity contribution in [3.8, 4) is 0 Å². The van der Waals surface area contributed by atoms with Crippen LogP contribution in [0.15, 0.2) is 217 Å². The molecule has 0 N–H and O–H groups in total. The third kappa shape index (κ3) is 6.03. The molecule has 0 heteroatoms. The molecule has 8 aliphatic rings. The summed E-state index contributed by atoms with van der Waals surface area (Å²) in [5, 5.41) is 5.47. The standard InChI is InChI=1S/C65H54/c1-65(2)59-30-16-15-20-48(59)49-38-37-46(40-60(49)65)63-53-24-9-7-22-51(53)61(52-23-8-10-25-54(52)63)42-32-34-43(35-33-42)62-55-26-11-13-28-57(55)64(58-29-14-12-27-56(58)62)50-21-6-5-19-47(50)45-36-31-41-17-3-4-18-44(41)39-45/h4-16,18-30,32-36,39-41,51,53,55,57H,3,17,31,37-38H2,1-2H3. The van der Waals surface area contributed by atoms with E-state index in [1.165, 1.54) is 112 Å². The summed E-state index contributed by atoms with van der Waals surface area (Å²) in [5.74, 6) is 1.64. The van der Waals surface area contributed by atoms with Gasteiger partial charge in [0.15, 0.2) is 0 Å². The Labute approximate surface area is 383 Å². The molecule has 5 unspecified atom stereocenters. The van der Waals surface area contributed by atoms with Crippen LogP contribution in [0.25, 0.3) is 33.4 Å². The van der Waals surface area contributed by atoms with Gasteiger partial charge in [0.25, 0.3) is 0 Å². The van der Waals surface area contributed by atoms with Gasteiger partial charge in [0.1, 0.15) is 0 Å². The molecule has 0 aromatic heterocycles. The predicted octanol–water partition coefficient (Wildman–Crippen LogP) is 12.3. The van der Waals surface area contributed by atoms with Crippen molar-refractivity contribution in [1.82, 2.24) is 0 Å². The Morgan fingerprint density at radius 2 is 1.02 bits per heavy atom. The Kier molecular flexibility index (Phi) is 9.03. The monoisotopic (exact) mass is 834 g/mol. The first-order valence-corrected chi connectivity index (χ1v) is 24.2. The van der Waals surface area contributed by atoms with Crippen molar-refractivity contribution in [3.63, 3.8) is 0 Å². The molecular weight excluding hydrogens is 781 g/mol. The Balaban J connectivity index is 0.957. The highest BCUT2D eigenvalue weighted by molar-refractivity contribution is 5.90. The molecule has 0 heterocycles. The van der Waals surface area contributed by atoms with Crippen LogP contribution in [0.4, 0.5) is 0 Å². The smallest absolute Gasteiger partial charge is 0.0155 e. The lowest BCUT2D eigenvalue weighted by atomic mass is 9.67. The van der Waals surface area contributed by atoms with Gasteiger partial charge in [-0.05, 0) is 142 Å². The topological polar surface area (TPSA) is 0 Å². The summed E-state index contributed by atoms with van der Waals surface area (Å²) in [6.07, 6.45) is 37.1. The maximum Gasteiger partial charge on any atom is 0.0155 e. The first-order chi connectivity index (χ1) is 32.0. The van der Waals surface area contributed by atoms with Gasteiger partial charge < -0.3 is 0 Å². The van der Waals surface area contributed by atoms with Gasteiger partial charge in [0, 0.05) is 29.1 Å². The maximum absolute atomic E-state index is 2.60. The van der Waals surface area contributed by atoms with Gasteiger partial charge in [-0.25, -0.2) is 0 Å². The zero-order valence-electron chi connectivity index (χ0n) is 37.5. The summed E-state index contributed by atoms with van der Waals surface area (Å²) < 4.78 is 0. The zero-order valence-corrected chi connectivity index (χ0v) is 37.5. The van der Waals surface area contributed by atoms with Gasteiger partial charge in [0.2, 0.25) is 0 Å². The van der Waals surface area contributed by atoms with E-state index in [2.05, 4.69) is 214 Å². The van der Waals surface area contributed by atoms with E-state index in [9.17, 15) is 0 Å². The highest BCUT2D eigenvalue weighted by Crippen LogP contribution is 2.53. The van der Waals surface area contributed by atoms with Crippen LogP contribution in [0, 0.1) is 29.6 Å². The summed E-state index contributed by atoms with van der Waals surface area (Å²) in [4.78, 5) is 0. The Morgan fingerprint density at radius 1 is 0.492 bits per heavy atom. The molecule has 13 rings (SSSR count). The molecule has 5 atom stereocenters. The van der Waals surface area contributed by atoms with Crippen molar-refractivity contribution in [2.24, 2.45) is 29.6 Å². The molecule has 0 fully saturated rings. The van der Waals surface area contributed by atoms with Gasteiger partial charge in [0.05, 0.1) is 0 Å². The van der Waals surface area contributed by atoms with Crippen LogP contribution < -0.4 is 20.9 Å². The Hall–Kier alpha value is -6.76. The van der Waals surface area contributed by atoms with E-state index in [4.69, 9.17) is 0 Å². The van der Waals surface area contributed by atoms with Crippen molar-refractivity contribution in [1.29, 1.82) is 0 Å². The molecule has 5 aromatic carbocycles. The fourth-order valence-corrected chi connectivity index (χ4v) is 13.3. The van der Waals surface area contributed by atoms with E-state index >= 15 is 0 Å². The Bertz CT molecular complexity index is 3430. The average Bonchev–Trinajstić information content (AvgIpc) is 3.59. The van der Waals surface area contributed by atoms with Crippen LogP contribution in [0.5, 0.6) is 0 Å². The van der Waals surface area contributed by atoms with Crippen molar-refractivity contribution in [2.75, 3.05) is 0 Å². The number of allylic oxidation sites excluding steroid dienone is 18. The summed E-state index contributed by atoms with van der Waals surface area (Å²) in [5.41, 5.74) is 21.5. The first-order valence-electron chi connectivity index (χ1n) is 24.2. The van der Waals surface area contributed by atoms with Crippen LogP contribution in [-0.2, 0) is 5.41 Å². The fourth-order valence-electron chi connectivity index (χ4n) is 13.3. The van der Waals surface area contributed by atoms with Gasteiger partial charge in [-0.1, -0.05) is 214 Å². The van der Waals surface area contributed by atoms with Crippen molar-refractivity contribution in [3.05, 3.63) is 271 Å². The Morgan fingerprint density at radius 3 is 1.66 bits per heavy atom. The molecule has 0 aliphatic heterocycles. The minimum atomic E-state index is -0.000696. The van der Waals surface area contributed by atoms with Gasteiger partial charge in [-0.2, -0.15) is 0 Å². The molecule has 0 bridgehead atoms. The lowest BCUT2D eigenvalue weighted by molar-refractivity contribution is 0.567. The second-order valence-electron chi connectivity index (χ2n) is 20.0. The van der Waals surface area contributed by atoms with Crippen molar-refractivity contribution < 1.29 is 0 Å². The van der Waals surface area contributed by atoms with Gasteiger partial charge in [-0.15, -0.1) is 0 Å². The quantitative estimate of drug-likeness (QED) is 0.165. The number of benzene rings is 5. The molecule has 0 saturated heterocycles. The molecule has 0 spiro atoms. The highest BCUT2D eigenvalue weighted by Gasteiger charge is 2.40. The van der Waals surface area contributed by atoms with Crippen molar-refractivity contribution in [2.45, 2.75) is 51.4 Å². The molecule has 0 saturated carbocycles. The van der Waals surface area contributed by atoms with E-state index in [0.29, 0.717) is 5.92 Å². The van der Waals surface area contributed by atoms with Crippen LogP contribution in [0.1, 0.15) is 79.3 Å². The number of fused-ring (bicyclic) bond motifs is 7. The summed E-state index contributed by atoms with van der Waals surface area (Å²) in [7, 11) is 0. The summed E-state index contributed by atoms with van der Waals surface area (Å²) in [6, 6.07) is 46.6. The molecule has 8 aliphatic carbocycles. The molecule has 5 aromatic rings. The van der Waals surface area contributed by atoms with Crippen molar-refractivity contribution >= 4 is 33.4 Å². The van der Waals surface area contributed by atoms with Crippen LogP contribution in [-0.4, -0.2) is 0 Å². The predicted molar refractivity (Wildman–Crippen MR) is 272 cm³/mol. The molecule has 0 radical (unpaired) electrons. The lowest BCUT2D eigenvalue weighted by Crippen LogP contribution is -2.41. The van der Waals surface area contributed by atoms with Crippen LogP contribution in [0.2, 0.25) is 0 Å². The van der Waals surface area contributed by atoms with E-state index in [1.54, 1.807) is 5.57 Å². The average molecular weight is 835 g/mol. The summed E-state index contributed by atoms with van der Waals surface area (Å²) >= 11 is 0. The molecule has 0 amide bonds. The van der Waals surface area contributed by atoms with E-state index in [-0.39, 0.29) is 29.1 Å². The number of rotatable bonds is 5. The highest BCUT2D eigenvalue weighted by atomic mass is 14.4. The van der Waals surface area contributed by atoms with Crippen LogP contribution >= 0.6 is 0 Å².